The molecule has 0 amide bonds. The fourth-order valence-corrected chi connectivity index (χ4v) is 10.4. The van der Waals surface area contributed by atoms with Crippen LogP contribution in [0.3, 0.4) is 0 Å². The van der Waals surface area contributed by atoms with E-state index in [0.717, 1.165) is 33.9 Å². The summed E-state index contributed by atoms with van der Waals surface area (Å²) in [5.74, 6) is 0. The van der Waals surface area contributed by atoms with Crippen molar-refractivity contribution in [1.82, 2.24) is 0 Å². The van der Waals surface area contributed by atoms with Crippen LogP contribution in [-0.4, -0.2) is 0 Å². The van der Waals surface area contributed by atoms with Crippen LogP contribution in [-0.2, 0) is 5.41 Å². The van der Waals surface area contributed by atoms with Crippen LogP contribution in [0.4, 0.5) is 34.1 Å². The van der Waals surface area contributed by atoms with Gasteiger partial charge < -0.3 is 9.80 Å². The average Bonchev–Trinajstić information content (AvgIpc) is 3.65. The maximum absolute atomic E-state index is 2.49. The Morgan fingerprint density at radius 1 is 0.286 bits per heavy atom. The Hall–Kier alpha value is -8.20. The highest BCUT2D eigenvalue weighted by atomic mass is 15.2. The van der Waals surface area contributed by atoms with Gasteiger partial charge in [0.2, 0.25) is 0 Å². The number of para-hydroxylation sites is 4. The lowest BCUT2D eigenvalue weighted by atomic mass is 9.64. The van der Waals surface area contributed by atoms with Gasteiger partial charge in [0.15, 0.2) is 0 Å². The number of fused-ring (bicyclic) bond motifs is 9. The molecular formula is C61H42N2. The molecule has 63 heavy (non-hydrogen) atoms. The molecule has 2 heteroatoms. The maximum atomic E-state index is 2.49. The molecule has 0 N–H and O–H groups in total. The van der Waals surface area contributed by atoms with Crippen molar-refractivity contribution in [3.05, 3.63) is 277 Å². The van der Waals surface area contributed by atoms with Crippen LogP contribution in [0, 0.1) is 0 Å². The molecule has 1 aliphatic heterocycles. The van der Waals surface area contributed by atoms with E-state index in [0.29, 0.717) is 0 Å². The van der Waals surface area contributed by atoms with Gasteiger partial charge in [-0.15, -0.1) is 0 Å². The minimum atomic E-state index is -0.579. The molecule has 0 unspecified atom stereocenters. The molecule has 1 heterocycles. The molecule has 0 atom stereocenters. The van der Waals surface area contributed by atoms with Gasteiger partial charge in [0.05, 0.1) is 22.5 Å². The lowest BCUT2D eigenvalue weighted by Gasteiger charge is -2.45. The number of hydrogen-bond acceptors (Lipinski definition) is 2. The number of anilines is 6. The Bertz CT molecular complexity index is 3230. The van der Waals surface area contributed by atoms with Crippen LogP contribution in [0.1, 0.15) is 22.3 Å². The van der Waals surface area contributed by atoms with Gasteiger partial charge in [-0.1, -0.05) is 200 Å². The van der Waals surface area contributed by atoms with E-state index in [2.05, 4.69) is 265 Å². The standard InChI is InChI=1S/C61H42N2/c1-4-19-43(20-5-1)45-35-37-46(38-36-45)51-27-11-15-32-58(51)62(49-26-18-23-47(41-49)44-21-6-2-7-22-44)50-39-40-53-52-28-10-12-29-54(52)61(57(53)42-50)55-30-13-16-33-59(55)63(48-24-8-3-9-25-48)60-34-17-14-31-56(60)61/h1-42H. The predicted octanol–water partition coefficient (Wildman–Crippen LogP) is 16.3. The highest BCUT2D eigenvalue weighted by Gasteiger charge is 2.51. The number of benzene rings is 10. The first kappa shape index (κ1) is 36.6. The normalized spacial score (nSPS) is 12.9. The predicted molar refractivity (Wildman–Crippen MR) is 263 cm³/mol. The van der Waals surface area contributed by atoms with Crippen molar-refractivity contribution in [1.29, 1.82) is 0 Å². The van der Waals surface area contributed by atoms with Gasteiger partial charge in [0.1, 0.15) is 0 Å². The average molecular weight is 803 g/mol. The van der Waals surface area contributed by atoms with Gasteiger partial charge in [-0.05, 0) is 116 Å². The second-order valence-electron chi connectivity index (χ2n) is 16.4. The summed E-state index contributed by atoms with van der Waals surface area (Å²) in [6.45, 7) is 0. The summed E-state index contributed by atoms with van der Waals surface area (Å²) in [4.78, 5) is 4.92. The van der Waals surface area contributed by atoms with Gasteiger partial charge in [-0.3, -0.25) is 0 Å². The Morgan fingerprint density at radius 2 is 0.762 bits per heavy atom. The molecule has 0 bridgehead atoms. The summed E-state index contributed by atoms with van der Waals surface area (Å²) in [5, 5.41) is 0. The number of rotatable bonds is 7. The van der Waals surface area contributed by atoms with Crippen molar-refractivity contribution in [2.45, 2.75) is 5.41 Å². The van der Waals surface area contributed by atoms with E-state index >= 15 is 0 Å². The van der Waals surface area contributed by atoms with Gasteiger partial charge >= 0.3 is 0 Å². The van der Waals surface area contributed by atoms with Gasteiger partial charge in [0, 0.05) is 22.6 Å². The SMILES string of the molecule is c1ccc(-c2ccc(-c3ccccc3N(c3cccc(-c4ccccc4)c3)c3ccc4c(c3)C3(c5ccccc5-4)c4ccccc4N(c4ccccc4)c4ccccc43)cc2)cc1. The summed E-state index contributed by atoms with van der Waals surface area (Å²) in [6, 6.07) is 93.3. The molecule has 0 fully saturated rings. The molecule has 10 aromatic carbocycles. The first-order chi connectivity index (χ1) is 31.3. The molecule has 2 aliphatic rings. The summed E-state index contributed by atoms with van der Waals surface area (Å²) >= 11 is 0. The molecule has 2 nitrogen and oxygen atoms in total. The number of nitrogens with zero attached hydrogens (tertiary/aromatic N) is 2. The van der Waals surface area contributed by atoms with E-state index in [1.807, 2.05) is 0 Å². The van der Waals surface area contributed by atoms with Crippen molar-refractivity contribution in [2.75, 3.05) is 9.80 Å². The Morgan fingerprint density at radius 3 is 1.44 bits per heavy atom. The van der Waals surface area contributed by atoms with E-state index in [1.165, 1.54) is 67.0 Å². The van der Waals surface area contributed by atoms with E-state index in [-0.39, 0.29) is 0 Å². The Balaban J connectivity index is 1.10. The Kier molecular flexibility index (Phi) is 8.76. The van der Waals surface area contributed by atoms with E-state index in [9.17, 15) is 0 Å². The molecule has 0 radical (unpaired) electrons. The first-order valence-electron chi connectivity index (χ1n) is 21.8. The van der Waals surface area contributed by atoms with Gasteiger partial charge in [-0.2, -0.15) is 0 Å². The minimum absolute atomic E-state index is 0.579. The molecule has 10 aromatic rings. The zero-order valence-corrected chi connectivity index (χ0v) is 34.6. The van der Waals surface area contributed by atoms with Gasteiger partial charge in [-0.25, -0.2) is 0 Å². The van der Waals surface area contributed by atoms with Crippen molar-refractivity contribution >= 4 is 34.1 Å². The first-order valence-corrected chi connectivity index (χ1v) is 21.8. The largest absolute Gasteiger partial charge is 0.310 e. The van der Waals surface area contributed by atoms with Crippen molar-refractivity contribution in [3.63, 3.8) is 0 Å². The van der Waals surface area contributed by atoms with E-state index in [4.69, 9.17) is 0 Å². The van der Waals surface area contributed by atoms with Crippen LogP contribution < -0.4 is 9.80 Å². The van der Waals surface area contributed by atoms with E-state index < -0.39 is 5.41 Å². The summed E-state index contributed by atoms with van der Waals surface area (Å²) < 4.78 is 0. The third-order valence-electron chi connectivity index (χ3n) is 13.1. The second kappa shape index (κ2) is 15.1. The van der Waals surface area contributed by atoms with Crippen LogP contribution in [0.5, 0.6) is 0 Å². The zero-order chi connectivity index (χ0) is 41.7. The van der Waals surface area contributed by atoms with Crippen molar-refractivity contribution in [2.24, 2.45) is 0 Å². The molecule has 0 saturated carbocycles. The molecule has 12 rings (SSSR count). The van der Waals surface area contributed by atoms with Crippen molar-refractivity contribution < 1.29 is 0 Å². The smallest absolute Gasteiger partial charge is 0.0755 e. The lowest BCUT2D eigenvalue weighted by molar-refractivity contribution is 0.752. The zero-order valence-electron chi connectivity index (χ0n) is 34.6. The van der Waals surface area contributed by atoms with Crippen molar-refractivity contribution in [3.8, 4) is 44.5 Å². The molecule has 0 aromatic heterocycles. The summed E-state index contributed by atoms with van der Waals surface area (Å²) in [6.07, 6.45) is 0. The van der Waals surface area contributed by atoms with Crippen LogP contribution >= 0.6 is 0 Å². The minimum Gasteiger partial charge on any atom is -0.310 e. The molecule has 1 aliphatic carbocycles. The number of hydrogen-bond donors (Lipinski definition) is 0. The molecule has 1 spiro atoms. The molecule has 296 valence electrons. The maximum Gasteiger partial charge on any atom is 0.0755 e. The molecule has 0 saturated heterocycles. The highest BCUT2D eigenvalue weighted by Crippen LogP contribution is 2.64. The topological polar surface area (TPSA) is 6.48 Å². The fourth-order valence-electron chi connectivity index (χ4n) is 10.4. The van der Waals surface area contributed by atoms with Crippen LogP contribution in [0.2, 0.25) is 0 Å². The lowest BCUT2D eigenvalue weighted by Crippen LogP contribution is -2.36. The quantitative estimate of drug-likeness (QED) is 0.158. The fraction of sp³-hybridized carbons (Fsp3) is 0.0164. The van der Waals surface area contributed by atoms with Crippen LogP contribution in [0.25, 0.3) is 44.5 Å². The van der Waals surface area contributed by atoms with Gasteiger partial charge in [0.25, 0.3) is 0 Å². The highest BCUT2D eigenvalue weighted by molar-refractivity contribution is 5.98. The Labute approximate surface area is 369 Å². The summed E-state index contributed by atoms with van der Waals surface area (Å²) in [7, 11) is 0. The monoisotopic (exact) mass is 802 g/mol. The third-order valence-corrected chi connectivity index (χ3v) is 13.1. The second-order valence-corrected chi connectivity index (χ2v) is 16.4. The van der Waals surface area contributed by atoms with Crippen LogP contribution in [0.15, 0.2) is 255 Å². The van der Waals surface area contributed by atoms with E-state index in [1.54, 1.807) is 0 Å². The molecular weight excluding hydrogens is 761 g/mol. The summed E-state index contributed by atoms with van der Waals surface area (Å²) in [5.41, 5.74) is 21.0. The third kappa shape index (κ3) is 5.87.